The minimum atomic E-state index is -4.96. The number of hydrogen-bond acceptors (Lipinski definition) is 15. The molecule has 0 bridgehead atoms. The summed E-state index contributed by atoms with van der Waals surface area (Å²) in [5, 5.41) is 10.6. The minimum Gasteiger partial charge on any atom is -0.462 e. The number of carbonyl (C=O) groups excluding carboxylic acids is 4. The predicted molar refractivity (Wildman–Crippen MR) is 368 cm³/mol. The van der Waals surface area contributed by atoms with Gasteiger partial charge < -0.3 is 33.8 Å². The van der Waals surface area contributed by atoms with Crippen molar-refractivity contribution in [3.05, 3.63) is 24.3 Å². The van der Waals surface area contributed by atoms with Gasteiger partial charge in [-0.3, -0.25) is 37.3 Å². The number of allylic oxidation sites excluding steroid dienone is 4. The lowest BCUT2D eigenvalue weighted by molar-refractivity contribution is -0.161. The second-order valence-corrected chi connectivity index (χ2v) is 28.4. The third kappa shape index (κ3) is 64.6. The van der Waals surface area contributed by atoms with Crippen LogP contribution in [-0.4, -0.2) is 96.7 Å². The van der Waals surface area contributed by atoms with Crippen molar-refractivity contribution < 1.29 is 80.2 Å². The Morgan fingerprint density at radius 3 is 0.934 bits per heavy atom. The smallest absolute Gasteiger partial charge is 0.462 e. The van der Waals surface area contributed by atoms with Crippen molar-refractivity contribution in [2.75, 3.05) is 39.6 Å². The second kappa shape index (κ2) is 64.9. The lowest BCUT2D eigenvalue weighted by atomic mass is 10.00. The summed E-state index contributed by atoms with van der Waals surface area (Å²) in [6, 6.07) is 0. The van der Waals surface area contributed by atoms with Crippen LogP contribution in [0.5, 0.6) is 0 Å². The van der Waals surface area contributed by atoms with Gasteiger partial charge in [0.2, 0.25) is 0 Å². The standard InChI is InChI=1S/C72H136O17P2/c1-6-10-13-16-18-20-22-24-26-27-28-29-30-31-33-35-37-39-41-47-52-57-71(76)88-68(62-83-70(75)56-51-46-40-38-36-34-32-25-23-21-19-17-14-11-7-2)64-87-91(80,81)85-60-66(73)59-84-90(78,79)86-63-67(61-82-69(74)55-50-44-15-12-8-3)89-72(77)58-53-48-43-42-45-49-54-65(5)9-4/h21,23,25,32,65-68,73H,6-20,22,24,26-31,33-64H2,1-5H3,(H,78,79)(H,80,81)/b23-21-,32-25-/t65?,66-,67+,68+/m0/s1. The maximum atomic E-state index is 13.0. The van der Waals surface area contributed by atoms with Crippen LogP contribution in [0.15, 0.2) is 24.3 Å². The molecule has 0 aliphatic carbocycles. The summed E-state index contributed by atoms with van der Waals surface area (Å²) in [6.45, 7) is 7.04. The zero-order valence-corrected chi connectivity index (χ0v) is 60.3. The normalized spacial score (nSPS) is 14.5. The number of phosphoric acid groups is 2. The third-order valence-electron chi connectivity index (χ3n) is 16.5. The molecule has 0 rings (SSSR count). The van der Waals surface area contributed by atoms with Gasteiger partial charge >= 0.3 is 39.5 Å². The molecule has 3 N–H and O–H groups in total. The highest BCUT2D eigenvalue weighted by Gasteiger charge is 2.30. The van der Waals surface area contributed by atoms with E-state index in [0.29, 0.717) is 25.7 Å². The van der Waals surface area contributed by atoms with Crippen molar-refractivity contribution in [1.82, 2.24) is 0 Å². The number of unbranched alkanes of at least 4 members (excludes halogenated alkanes) is 38. The molecular formula is C72H136O17P2. The lowest BCUT2D eigenvalue weighted by Crippen LogP contribution is -2.30. The fourth-order valence-corrected chi connectivity index (χ4v) is 12.0. The van der Waals surface area contributed by atoms with Crippen molar-refractivity contribution in [2.45, 2.75) is 368 Å². The van der Waals surface area contributed by atoms with Crippen LogP contribution >= 0.6 is 15.6 Å². The molecule has 19 heteroatoms. The molecule has 91 heavy (non-hydrogen) atoms. The Hall–Kier alpha value is -2.46. The molecular weight excluding hydrogens is 1200 g/mol. The molecule has 0 aromatic heterocycles. The molecule has 0 spiro atoms. The molecule has 0 fully saturated rings. The van der Waals surface area contributed by atoms with Crippen molar-refractivity contribution >= 4 is 39.5 Å². The van der Waals surface area contributed by atoms with Crippen LogP contribution in [-0.2, 0) is 65.4 Å². The summed E-state index contributed by atoms with van der Waals surface area (Å²) in [6.07, 6.45) is 55.6. The summed E-state index contributed by atoms with van der Waals surface area (Å²) in [5.41, 5.74) is 0. The maximum absolute atomic E-state index is 13.0. The van der Waals surface area contributed by atoms with Crippen LogP contribution in [0.2, 0.25) is 0 Å². The van der Waals surface area contributed by atoms with E-state index in [1.807, 2.05) is 0 Å². The number of rotatable bonds is 70. The number of hydrogen-bond donors (Lipinski definition) is 3. The fraction of sp³-hybridized carbons (Fsp3) is 0.889. The third-order valence-corrected chi connectivity index (χ3v) is 18.4. The Bertz CT molecular complexity index is 1850. The highest BCUT2D eigenvalue weighted by molar-refractivity contribution is 7.47. The van der Waals surface area contributed by atoms with E-state index in [9.17, 15) is 43.2 Å². The fourth-order valence-electron chi connectivity index (χ4n) is 10.4. The summed E-state index contributed by atoms with van der Waals surface area (Å²) >= 11 is 0. The zero-order valence-electron chi connectivity index (χ0n) is 58.5. The number of esters is 4. The quantitative estimate of drug-likeness (QED) is 0.0169. The largest absolute Gasteiger partial charge is 0.472 e. The van der Waals surface area contributed by atoms with E-state index in [1.165, 1.54) is 148 Å². The number of carbonyl (C=O) groups is 4. The van der Waals surface area contributed by atoms with Gasteiger partial charge in [-0.1, -0.05) is 296 Å². The van der Waals surface area contributed by atoms with E-state index in [2.05, 4.69) is 58.9 Å². The molecule has 0 aromatic carbocycles. The van der Waals surface area contributed by atoms with Gasteiger partial charge in [-0.05, 0) is 57.3 Å². The number of phosphoric ester groups is 2. The molecule has 0 aromatic rings. The van der Waals surface area contributed by atoms with Gasteiger partial charge in [0.15, 0.2) is 12.2 Å². The summed E-state index contributed by atoms with van der Waals surface area (Å²) in [5.74, 6) is -1.45. The Morgan fingerprint density at radius 1 is 0.352 bits per heavy atom. The Balaban J connectivity index is 5.15. The lowest BCUT2D eigenvalue weighted by Gasteiger charge is -2.21. The summed E-state index contributed by atoms with van der Waals surface area (Å²) in [7, 11) is -9.90. The van der Waals surface area contributed by atoms with E-state index in [-0.39, 0.29) is 25.7 Å². The Morgan fingerprint density at radius 2 is 0.615 bits per heavy atom. The van der Waals surface area contributed by atoms with E-state index in [1.54, 1.807) is 0 Å². The van der Waals surface area contributed by atoms with E-state index in [4.69, 9.17) is 37.0 Å². The molecule has 0 radical (unpaired) electrons. The van der Waals surface area contributed by atoms with Gasteiger partial charge in [0.1, 0.15) is 19.3 Å². The molecule has 17 nitrogen and oxygen atoms in total. The van der Waals surface area contributed by atoms with Crippen LogP contribution in [0.3, 0.4) is 0 Å². The van der Waals surface area contributed by atoms with Crippen LogP contribution < -0.4 is 0 Å². The molecule has 0 amide bonds. The molecule has 0 heterocycles. The first kappa shape index (κ1) is 88.5. The van der Waals surface area contributed by atoms with Gasteiger partial charge in [0.25, 0.3) is 0 Å². The highest BCUT2D eigenvalue weighted by Crippen LogP contribution is 2.45. The second-order valence-electron chi connectivity index (χ2n) is 25.5. The average Bonchev–Trinajstić information content (AvgIpc) is 3.74. The van der Waals surface area contributed by atoms with Gasteiger partial charge in [-0.2, -0.15) is 0 Å². The molecule has 0 aliphatic heterocycles. The predicted octanol–water partition coefficient (Wildman–Crippen LogP) is 20.5. The first-order valence-electron chi connectivity index (χ1n) is 37.0. The Kier molecular flexibility index (Phi) is 63.1. The first-order valence-corrected chi connectivity index (χ1v) is 40.0. The molecule has 0 aliphatic rings. The van der Waals surface area contributed by atoms with E-state index < -0.39 is 97.5 Å². The molecule has 6 atom stereocenters. The summed E-state index contributed by atoms with van der Waals surface area (Å²) in [4.78, 5) is 72.3. The highest BCUT2D eigenvalue weighted by atomic mass is 31.2. The van der Waals surface area contributed by atoms with E-state index >= 15 is 0 Å². The van der Waals surface area contributed by atoms with Gasteiger partial charge in [-0.25, -0.2) is 9.13 Å². The first-order chi connectivity index (χ1) is 44.1. The number of ether oxygens (including phenoxy) is 4. The van der Waals surface area contributed by atoms with Gasteiger partial charge in [0, 0.05) is 25.7 Å². The van der Waals surface area contributed by atoms with Crippen molar-refractivity contribution in [3.63, 3.8) is 0 Å². The van der Waals surface area contributed by atoms with Crippen molar-refractivity contribution in [1.29, 1.82) is 0 Å². The molecule has 0 saturated heterocycles. The van der Waals surface area contributed by atoms with Crippen LogP contribution in [0.25, 0.3) is 0 Å². The van der Waals surface area contributed by atoms with Crippen molar-refractivity contribution in [2.24, 2.45) is 5.92 Å². The van der Waals surface area contributed by atoms with E-state index in [0.717, 1.165) is 121 Å². The Labute approximate surface area is 554 Å². The minimum absolute atomic E-state index is 0.0999. The summed E-state index contributed by atoms with van der Waals surface area (Å²) < 4.78 is 68.0. The van der Waals surface area contributed by atoms with Crippen LogP contribution in [0, 0.1) is 5.92 Å². The SMILES string of the molecule is CCCCCC/C=C\C=C/CCCCCCCC(=O)OC[C@H](COP(=O)(O)OC[C@@H](O)COP(=O)(O)OC[C@@H](COC(=O)CCCCCCC)OC(=O)CCCCCCCCC(C)CC)OC(=O)CCCCCCCCCCCCCCCCCCCCCCC. The number of aliphatic hydroxyl groups is 1. The molecule has 0 saturated carbocycles. The van der Waals surface area contributed by atoms with Crippen molar-refractivity contribution in [3.8, 4) is 0 Å². The van der Waals surface area contributed by atoms with Gasteiger partial charge in [0.05, 0.1) is 26.4 Å². The average molecular weight is 1340 g/mol. The number of aliphatic hydroxyl groups excluding tert-OH is 1. The zero-order chi connectivity index (χ0) is 67.0. The molecule has 3 unspecified atom stereocenters. The monoisotopic (exact) mass is 1330 g/mol. The van der Waals surface area contributed by atoms with Crippen LogP contribution in [0.4, 0.5) is 0 Å². The molecule has 536 valence electrons. The van der Waals surface area contributed by atoms with Crippen LogP contribution in [0.1, 0.15) is 349 Å². The topological polar surface area (TPSA) is 237 Å². The maximum Gasteiger partial charge on any atom is 0.472 e. The van der Waals surface area contributed by atoms with Gasteiger partial charge in [-0.15, -0.1) is 0 Å².